The summed E-state index contributed by atoms with van der Waals surface area (Å²) in [6.07, 6.45) is 0.628. The van der Waals surface area contributed by atoms with Crippen molar-refractivity contribution in [3.63, 3.8) is 0 Å². The Kier molecular flexibility index (Phi) is 6.47. The van der Waals surface area contributed by atoms with E-state index in [9.17, 15) is 9.90 Å². The van der Waals surface area contributed by atoms with Gasteiger partial charge in [0.05, 0.1) is 12.7 Å². The number of β-amino-alcohol motifs (C(OH)–C–C–N with tert-alkyl or cyclic N) is 1. The molecule has 2 atom stereocenters. The lowest BCUT2D eigenvalue weighted by atomic mass is 9.96. The molecular weight excluding hydrogens is 198 g/mol. The van der Waals surface area contributed by atoms with Gasteiger partial charge in [-0.2, -0.15) is 0 Å². The summed E-state index contributed by atoms with van der Waals surface area (Å²) in [7, 11) is 1.49. The highest BCUT2D eigenvalue weighted by Gasteiger charge is 2.31. The van der Waals surface area contributed by atoms with E-state index in [-0.39, 0.29) is 13.2 Å². The Balaban J connectivity index is 4.12. The monoisotopic (exact) mass is 219 g/mol. The molecule has 5 nitrogen and oxygen atoms in total. The Morgan fingerprint density at radius 2 is 2.20 bits per heavy atom. The molecule has 0 aliphatic rings. The van der Waals surface area contributed by atoms with Crippen molar-refractivity contribution in [1.29, 1.82) is 0 Å². The van der Waals surface area contributed by atoms with E-state index < -0.39 is 17.6 Å². The molecule has 3 N–H and O–H groups in total. The summed E-state index contributed by atoms with van der Waals surface area (Å²) in [5.74, 6) is -0.894. The third-order valence-electron chi connectivity index (χ3n) is 2.31. The van der Waals surface area contributed by atoms with Gasteiger partial charge in [0.1, 0.15) is 5.54 Å². The SMILES string of the molecule is CCCC(C)(NCC(O)COC)C(=O)O. The van der Waals surface area contributed by atoms with E-state index in [0.717, 1.165) is 6.42 Å². The average molecular weight is 219 g/mol. The number of aliphatic hydroxyl groups excluding tert-OH is 1. The van der Waals surface area contributed by atoms with E-state index in [2.05, 4.69) is 5.32 Å². The maximum absolute atomic E-state index is 11.0. The van der Waals surface area contributed by atoms with Gasteiger partial charge in [-0.25, -0.2) is 0 Å². The number of aliphatic carboxylic acids is 1. The fourth-order valence-electron chi connectivity index (χ4n) is 1.37. The molecular formula is C10H21NO4. The second-order valence-electron chi connectivity index (χ2n) is 3.88. The van der Waals surface area contributed by atoms with Crippen molar-refractivity contribution in [2.24, 2.45) is 0 Å². The second kappa shape index (κ2) is 6.76. The minimum absolute atomic E-state index is 0.203. The number of rotatable bonds is 8. The summed E-state index contributed by atoms with van der Waals surface area (Å²) in [6, 6.07) is 0. The first kappa shape index (κ1) is 14.3. The summed E-state index contributed by atoms with van der Waals surface area (Å²) in [5.41, 5.74) is -0.969. The lowest BCUT2D eigenvalue weighted by Gasteiger charge is -2.27. The zero-order valence-corrected chi connectivity index (χ0v) is 9.62. The molecule has 0 fully saturated rings. The van der Waals surface area contributed by atoms with Crippen molar-refractivity contribution in [1.82, 2.24) is 5.32 Å². The molecule has 2 unspecified atom stereocenters. The average Bonchev–Trinajstić information content (AvgIpc) is 2.15. The summed E-state index contributed by atoms with van der Waals surface area (Å²) < 4.78 is 4.75. The quantitative estimate of drug-likeness (QED) is 0.544. The van der Waals surface area contributed by atoms with E-state index in [4.69, 9.17) is 9.84 Å². The Morgan fingerprint density at radius 3 is 2.60 bits per heavy atom. The van der Waals surface area contributed by atoms with Crippen LogP contribution in [-0.4, -0.2) is 48.1 Å². The van der Waals surface area contributed by atoms with Crippen molar-refractivity contribution in [3.05, 3.63) is 0 Å². The van der Waals surface area contributed by atoms with E-state index >= 15 is 0 Å². The Hall–Kier alpha value is -0.650. The number of hydrogen-bond acceptors (Lipinski definition) is 4. The Labute approximate surface area is 90.4 Å². The minimum atomic E-state index is -0.969. The topological polar surface area (TPSA) is 78.8 Å². The van der Waals surface area contributed by atoms with Crippen molar-refractivity contribution >= 4 is 5.97 Å². The van der Waals surface area contributed by atoms with E-state index in [1.54, 1.807) is 6.92 Å². The summed E-state index contributed by atoms with van der Waals surface area (Å²) >= 11 is 0. The maximum atomic E-state index is 11.0. The highest BCUT2D eigenvalue weighted by Crippen LogP contribution is 2.12. The molecule has 0 rings (SSSR count). The predicted molar refractivity (Wildman–Crippen MR) is 56.8 cm³/mol. The molecule has 0 saturated carbocycles. The summed E-state index contributed by atoms with van der Waals surface area (Å²) in [4.78, 5) is 11.0. The van der Waals surface area contributed by atoms with Crippen LogP contribution >= 0.6 is 0 Å². The maximum Gasteiger partial charge on any atom is 0.323 e. The molecule has 0 aliphatic carbocycles. The van der Waals surface area contributed by atoms with Crippen LogP contribution < -0.4 is 5.32 Å². The number of nitrogens with one attached hydrogen (secondary N) is 1. The van der Waals surface area contributed by atoms with Gasteiger partial charge in [-0.15, -0.1) is 0 Å². The number of carboxylic acids is 1. The van der Waals surface area contributed by atoms with Crippen molar-refractivity contribution in [3.8, 4) is 0 Å². The zero-order chi connectivity index (χ0) is 11.9. The van der Waals surface area contributed by atoms with Crippen LogP contribution in [-0.2, 0) is 9.53 Å². The highest BCUT2D eigenvalue weighted by atomic mass is 16.5. The Bertz CT molecular complexity index is 198. The third-order valence-corrected chi connectivity index (χ3v) is 2.31. The normalized spacial score (nSPS) is 17.1. The van der Waals surface area contributed by atoms with Crippen LogP contribution in [0, 0.1) is 0 Å². The molecule has 0 aromatic rings. The van der Waals surface area contributed by atoms with E-state index in [0.29, 0.717) is 6.42 Å². The van der Waals surface area contributed by atoms with Gasteiger partial charge in [0.2, 0.25) is 0 Å². The molecule has 15 heavy (non-hydrogen) atoms. The van der Waals surface area contributed by atoms with Crippen LogP contribution in [0.25, 0.3) is 0 Å². The van der Waals surface area contributed by atoms with E-state index in [1.165, 1.54) is 7.11 Å². The number of methoxy groups -OCH3 is 1. The van der Waals surface area contributed by atoms with E-state index in [1.807, 2.05) is 6.92 Å². The largest absolute Gasteiger partial charge is 0.480 e. The van der Waals surface area contributed by atoms with Gasteiger partial charge in [-0.05, 0) is 13.3 Å². The molecule has 0 aromatic heterocycles. The standard InChI is InChI=1S/C10H21NO4/c1-4-5-10(2,9(13)14)11-6-8(12)7-15-3/h8,11-12H,4-7H2,1-3H3,(H,13,14). The summed E-state index contributed by atoms with van der Waals surface area (Å²) in [6.45, 7) is 3.97. The van der Waals surface area contributed by atoms with Crippen molar-refractivity contribution < 1.29 is 19.7 Å². The molecule has 5 heteroatoms. The number of ether oxygens (including phenoxy) is 1. The fraction of sp³-hybridized carbons (Fsp3) is 0.900. The molecule has 0 radical (unpaired) electrons. The molecule has 90 valence electrons. The molecule has 0 bridgehead atoms. The van der Waals surface area contributed by atoms with Gasteiger partial charge in [-0.1, -0.05) is 13.3 Å². The number of carboxylic acid groups (broad SMARTS) is 1. The van der Waals surface area contributed by atoms with Crippen LogP contribution in [0.15, 0.2) is 0 Å². The predicted octanol–water partition coefficient (Wildman–Crippen LogP) is 0.227. The number of carbonyl (C=O) groups is 1. The van der Waals surface area contributed by atoms with Gasteiger partial charge in [0.25, 0.3) is 0 Å². The van der Waals surface area contributed by atoms with Crippen LogP contribution in [0.1, 0.15) is 26.7 Å². The van der Waals surface area contributed by atoms with Gasteiger partial charge in [0, 0.05) is 13.7 Å². The van der Waals surface area contributed by atoms with Gasteiger partial charge in [0.15, 0.2) is 0 Å². The summed E-state index contributed by atoms with van der Waals surface area (Å²) in [5, 5.41) is 21.3. The van der Waals surface area contributed by atoms with Crippen LogP contribution in [0.5, 0.6) is 0 Å². The molecule has 0 aromatic carbocycles. The highest BCUT2D eigenvalue weighted by molar-refractivity contribution is 5.78. The van der Waals surface area contributed by atoms with Crippen LogP contribution in [0.4, 0.5) is 0 Å². The second-order valence-corrected chi connectivity index (χ2v) is 3.88. The van der Waals surface area contributed by atoms with Gasteiger partial charge >= 0.3 is 5.97 Å². The number of hydrogen-bond donors (Lipinski definition) is 3. The molecule has 0 saturated heterocycles. The Morgan fingerprint density at radius 1 is 1.60 bits per heavy atom. The number of aliphatic hydroxyl groups is 1. The lowest BCUT2D eigenvalue weighted by molar-refractivity contribution is -0.144. The molecule has 0 amide bonds. The van der Waals surface area contributed by atoms with Crippen molar-refractivity contribution in [2.75, 3.05) is 20.3 Å². The first-order chi connectivity index (χ1) is 6.96. The first-order valence-corrected chi connectivity index (χ1v) is 5.11. The zero-order valence-electron chi connectivity index (χ0n) is 9.62. The molecule has 0 aliphatic heterocycles. The first-order valence-electron chi connectivity index (χ1n) is 5.11. The van der Waals surface area contributed by atoms with Gasteiger partial charge in [-0.3, -0.25) is 10.1 Å². The van der Waals surface area contributed by atoms with Gasteiger partial charge < -0.3 is 14.9 Å². The van der Waals surface area contributed by atoms with Crippen LogP contribution in [0.3, 0.4) is 0 Å². The van der Waals surface area contributed by atoms with Crippen molar-refractivity contribution in [2.45, 2.75) is 38.3 Å². The minimum Gasteiger partial charge on any atom is -0.480 e. The molecule has 0 heterocycles. The van der Waals surface area contributed by atoms with Crippen LogP contribution in [0.2, 0.25) is 0 Å². The molecule has 0 spiro atoms. The lowest BCUT2D eigenvalue weighted by Crippen LogP contribution is -2.52. The smallest absolute Gasteiger partial charge is 0.323 e. The third kappa shape index (κ3) is 5.11. The fourth-order valence-corrected chi connectivity index (χ4v) is 1.37.